The largest absolute Gasteiger partial charge is 0.353 e. The van der Waals surface area contributed by atoms with Crippen molar-refractivity contribution in [2.75, 3.05) is 7.05 Å². The van der Waals surface area contributed by atoms with Crippen LogP contribution < -0.4 is 10.6 Å². The highest BCUT2D eigenvalue weighted by atomic mass is 127. The molecule has 1 aromatic carbocycles. The first-order valence-electron chi connectivity index (χ1n) is 6.63. The molecule has 19 heavy (non-hydrogen) atoms. The second-order valence-corrected chi connectivity index (χ2v) is 5.32. The van der Waals surface area contributed by atoms with E-state index in [-0.39, 0.29) is 24.0 Å². The predicted octanol–water partition coefficient (Wildman–Crippen LogP) is 2.99. The molecular weight excluding hydrogens is 349 g/mol. The van der Waals surface area contributed by atoms with Crippen LogP contribution in [0.4, 0.5) is 0 Å². The molecule has 2 rings (SSSR count). The first-order chi connectivity index (χ1) is 8.60. The zero-order chi connectivity index (χ0) is 13.1. The number of hydrogen-bond acceptors (Lipinski definition) is 1. The van der Waals surface area contributed by atoms with Gasteiger partial charge in [0.15, 0.2) is 5.96 Å². The molecular formula is C15H24IN3. The molecule has 2 atom stereocenters. The number of rotatable bonds is 3. The minimum atomic E-state index is 0. The number of aryl methyl sites for hydroxylation is 2. The topological polar surface area (TPSA) is 36.4 Å². The predicted molar refractivity (Wildman–Crippen MR) is 92.2 cm³/mol. The second kappa shape index (κ2) is 7.12. The van der Waals surface area contributed by atoms with Gasteiger partial charge in [0.05, 0.1) is 0 Å². The van der Waals surface area contributed by atoms with Gasteiger partial charge in [-0.3, -0.25) is 4.99 Å². The van der Waals surface area contributed by atoms with Gasteiger partial charge in [0, 0.05) is 19.6 Å². The standard InChI is InChI=1S/C15H23N3.HI/c1-10-5-6-13(11(2)7-10)9-17-15(16-4)18-14-8-12(14)3;/h5-7,12,14H,8-9H2,1-4H3,(H2,16,17,18);1H. The number of nitrogens with zero attached hydrogens (tertiary/aromatic N) is 1. The summed E-state index contributed by atoms with van der Waals surface area (Å²) in [6, 6.07) is 7.17. The molecule has 4 heteroatoms. The van der Waals surface area contributed by atoms with E-state index in [1.54, 1.807) is 0 Å². The third-order valence-corrected chi connectivity index (χ3v) is 3.60. The molecule has 1 fully saturated rings. The van der Waals surface area contributed by atoms with Gasteiger partial charge in [0.25, 0.3) is 0 Å². The van der Waals surface area contributed by atoms with E-state index < -0.39 is 0 Å². The van der Waals surface area contributed by atoms with Crippen LogP contribution in [0.3, 0.4) is 0 Å². The lowest BCUT2D eigenvalue weighted by atomic mass is 10.1. The molecule has 106 valence electrons. The molecule has 0 radical (unpaired) electrons. The number of benzene rings is 1. The quantitative estimate of drug-likeness (QED) is 0.486. The Morgan fingerprint density at radius 2 is 2.05 bits per heavy atom. The molecule has 0 amide bonds. The van der Waals surface area contributed by atoms with Crippen molar-refractivity contribution in [3.63, 3.8) is 0 Å². The van der Waals surface area contributed by atoms with Gasteiger partial charge < -0.3 is 10.6 Å². The Bertz CT molecular complexity index is 457. The summed E-state index contributed by atoms with van der Waals surface area (Å²) in [7, 11) is 1.82. The fourth-order valence-electron chi connectivity index (χ4n) is 2.12. The molecule has 3 nitrogen and oxygen atoms in total. The fourth-order valence-corrected chi connectivity index (χ4v) is 2.12. The molecule has 1 aliphatic rings. The molecule has 1 saturated carbocycles. The van der Waals surface area contributed by atoms with Crippen LogP contribution in [0.2, 0.25) is 0 Å². The van der Waals surface area contributed by atoms with Crippen molar-refractivity contribution in [1.82, 2.24) is 10.6 Å². The minimum Gasteiger partial charge on any atom is -0.353 e. The Morgan fingerprint density at radius 3 is 2.58 bits per heavy atom. The molecule has 0 saturated heterocycles. The molecule has 1 aromatic rings. The van der Waals surface area contributed by atoms with E-state index in [0.29, 0.717) is 6.04 Å². The lowest BCUT2D eigenvalue weighted by Gasteiger charge is -2.13. The number of aliphatic imine (C=N–C) groups is 1. The van der Waals surface area contributed by atoms with Crippen molar-refractivity contribution in [2.24, 2.45) is 10.9 Å². The van der Waals surface area contributed by atoms with Crippen LogP contribution in [0.1, 0.15) is 30.0 Å². The van der Waals surface area contributed by atoms with E-state index in [4.69, 9.17) is 0 Å². The van der Waals surface area contributed by atoms with Gasteiger partial charge in [-0.25, -0.2) is 0 Å². The lowest BCUT2D eigenvalue weighted by Crippen LogP contribution is -2.38. The summed E-state index contributed by atoms with van der Waals surface area (Å²) >= 11 is 0. The summed E-state index contributed by atoms with van der Waals surface area (Å²) in [6.07, 6.45) is 1.25. The van der Waals surface area contributed by atoms with E-state index in [1.165, 1.54) is 23.1 Å². The Hall–Kier alpha value is -0.780. The van der Waals surface area contributed by atoms with Gasteiger partial charge in [-0.05, 0) is 37.3 Å². The van der Waals surface area contributed by atoms with Gasteiger partial charge in [-0.1, -0.05) is 30.7 Å². The monoisotopic (exact) mass is 373 g/mol. The zero-order valence-corrected chi connectivity index (χ0v) is 14.5. The number of hydrogen-bond donors (Lipinski definition) is 2. The summed E-state index contributed by atoms with van der Waals surface area (Å²) in [5, 5.41) is 6.81. The smallest absolute Gasteiger partial charge is 0.191 e. The van der Waals surface area contributed by atoms with Crippen molar-refractivity contribution < 1.29 is 0 Å². The SMILES string of the molecule is CN=C(NCc1ccc(C)cc1C)NC1CC1C.I. The second-order valence-electron chi connectivity index (χ2n) is 5.32. The maximum atomic E-state index is 4.26. The highest BCUT2D eigenvalue weighted by molar-refractivity contribution is 14.0. The Kier molecular flexibility index (Phi) is 6.10. The van der Waals surface area contributed by atoms with Gasteiger partial charge >= 0.3 is 0 Å². The maximum absolute atomic E-state index is 4.26. The molecule has 2 N–H and O–H groups in total. The van der Waals surface area contributed by atoms with Crippen molar-refractivity contribution in [3.05, 3.63) is 34.9 Å². The highest BCUT2D eigenvalue weighted by Crippen LogP contribution is 2.28. The Balaban J connectivity index is 0.00000180. The van der Waals surface area contributed by atoms with Crippen LogP contribution in [0, 0.1) is 19.8 Å². The summed E-state index contributed by atoms with van der Waals surface area (Å²) in [5.74, 6) is 1.69. The van der Waals surface area contributed by atoms with Gasteiger partial charge in [0.1, 0.15) is 0 Å². The van der Waals surface area contributed by atoms with Gasteiger partial charge in [-0.2, -0.15) is 0 Å². The maximum Gasteiger partial charge on any atom is 0.191 e. The van der Waals surface area contributed by atoms with Gasteiger partial charge in [0.2, 0.25) is 0 Å². The Labute approximate surface area is 133 Å². The molecule has 0 spiro atoms. The van der Waals surface area contributed by atoms with Crippen LogP contribution in [-0.2, 0) is 6.54 Å². The van der Waals surface area contributed by atoms with Crippen LogP contribution >= 0.6 is 24.0 Å². The summed E-state index contributed by atoms with van der Waals surface area (Å²) in [5.41, 5.74) is 3.97. The van der Waals surface area contributed by atoms with E-state index in [1.807, 2.05) is 7.05 Å². The van der Waals surface area contributed by atoms with Crippen LogP contribution in [0.15, 0.2) is 23.2 Å². The lowest BCUT2D eigenvalue weighted by molar-refractivity contribution is 0.762. The van der Waals surface area contributed by atoms with E-state index in [0.717, 1.165) is 18.4 Å². The molecule has 0 aromatic heterocycles. The number of guanidine groups is 1. The average Bonchev–Trinajstić information content (AvgIpc) is 3.02. The zero-order valence-electron chi connectivity index (χ0n) is 12.2. The van der Waals surface area contributed by atoms with Crippen LogP contribution in [0.25, 0.3) is 0 Å². The number of halogens is 1. The van der Waals surface area contributed by atoms with E-state index in [9.17, 15) is 0 Å². The molecule has 0 heterocycles. The summed E-state index contributed by atoms with van der Waals surface area (Å²) in [6.45, 7) is 7.37. The van der Waals surface area contributed by atoms with Gasteiger partial charge in [-0.15, -0.1) is 24.0 Å². The van der Waals surface area contributed by atoms with Crippen molar-refractivity contribution in [3.8, 4) is 0 Å². The van der Waals surface area contributed by atoms with Crippen LogP contribution in [0.5, 0.6) is 0 Å². The van der Waals surface area contributed by atoms with E-state index >= 15 is 0 Å². The molecule has 0 aliphatic heterocycles. The summed E-state index contributed by atoms with van der Waals surface area (Å²) in [4.78, 5) is 4.26. The van der Waals surface area contributed by atoms with E-state index in [2.05, 4.69) is 54.6 Å². The summed E-state index contributed by atoms with van der Waals surface area (Å²) < 4.78 is 0. The number of nitrogens with one attached hydrogen (secondary N) is 2. The average molecular weight is 373 g/mol. The molecule has 1 aliphatic carbocycles. The molecule has 2 unspecified atom stereocenters. The van der Waals surface area contributed by atoms with Crippen LogP contribution in [-0.4, -0.2) is 19.0 Å². The van der Waals surface area contributed by atoms with Crippen molar-refractivity contribution in [1.29, 1.82) is 0 Å². The first kappa shape index (κ1) is 16.3. The molecule has 0 bridgehead atoms. The third-order valence-electron chi connectivity index (χ3n) is 3.60. The third kappa shape index (κ3) is 4.67. The normalized spacial score (nSPS) is 21.6. The van der Waals surface area contributed by atoms with Crippen molar-refractivity contribution >= 4 is 29.9 Å². The van der Waals surface area contributed by atoms with Crippen molar-refractivity contribution in [2.45, 2.75) is 39.8 Å². The fraction of sp³-hybridized carbons (Fsp3) is 0.533. The Morgan fingerprint density at radius 1 is 1.37 bits per heavy atom. The highest BCUT2D eigenvalue weighted by Gasteiger charge is 2.33. The first-order valence-corrected chi connectivity index (χ1v) is 6.63. The minimum absolute atomic E-state index is 0.